The number of hydrogen-bond acceptors (Lipinski definition) is 4. The maximum atomic E-state index is 6.03. The van der Waals surface area contributed by atoms with E-state index in [1.54, 1.807) is 11.0 Å². The maximum Gasteiger partial charge on any atom is 0.137 e. The van der Waals surface area contributed by atoms with E-state index < -0.39 is 0 Å². The van der Waals surface area contributed by atoms with Gasteiger partial charge in [-0.3, -0.25) is 4.68 Å². The van der Waals surface area contributed by atoms with Gasteiger partial charge in [-0.1, -0.05) is 12.1 Å². The zero-order chi connectivity index (χ0) is 17.6. The van der Waals surface area contributed by atoms with E-state index in [0.29, 0.717) is 0 Å². The number of benzene rings is 1. The molecule has 0 saturated carbocycles. The van der Waals surface area contributed by atoms with Crippen LogP contribution in [0, 0.1) is 6.92 Å². The van der Waals surface area contributed by atoms with E-state index in [1.165, 1.54) is 5.56 Å². The summed E-state index contributed by atoms with van der Waals surface area (Å²) in [4.78, 5) is 4.52. The lowest BCUT2D eigenvalue weighted by atomic mass is 9.99. The zero-order valence-corrected chi connectivity index (χ0v) is 14.5. The molecule has 6 nitrogen and oxygen atoms in total. The van der Waals surface area contributed by atoms with Crippen LogP contribution in [0.25, 0.3) is 27.9 Å². The third-order valence-electron chi connectivity index (χ3n) is 4.48. The molecule has 4 rings (SSSR count). The van der Waals surface area contributed by atoms with E-state index in [2.05, 4.69) is 46.4 Å². The second-order valence-electron chi connectivity index (χ2n) is 6.43. The van der Waals surface area contributed by atoms with E-state index in [4.69, 9.17) is 5.73 Å². The van der Waals surface area contributed by atoms with Crippen LogP contribution >= 0.6 is 0 Å². The summed E-state index contributed by atoms with van der Waals surface area (Å²) in [5.41, 5.74) is 13.4. The lowest BCUT2D eigenvalue weighted by Gasteiger charge is -2.11. The van der Waals surface area contributed by atoms with Crippen molar-refractivity contribution in [2.75, 3.05) is 0 Å². The first-order chi connectivity index (χ1) is 12.0. The lowest BCUT2D eigenvalue weighted by molar-refractivity contribution is 0.768. The Morgan fingerprint density at radius 2 is 1.88 bits per heavy atom. The van der Waals surface area contributed by atoms with Gasteiger partial charge in [-0.25, -0.2) is 9.50 Å². The van der Waals surface area contributed by atoms with Gasteiger partial charge in [0.05, 0.1) is 17.4 Å². The van der Waals surface area contributed by atoms with E-state index in [1.807, 2.05) is 37.1 Å². The second kappa shape index (κ2) is 5.82. The average molecular weight is 332 g/mol. The molecule has 0 aliphatic rings. The fraction of sp³-hybridized carbons (Fsp3) is 0.211. The van der Waals surface area contributed by atoms with E-state index in [-0.39, 0.29) is 6.04 Å². The predicted octanol–water partition coefficient (Wildman–Crippen LogP) is 3.12. The Bertz CT molecular complexity index is 1060. The molecule has 1 aromatic carbocycles. The molecule has 3 aromatic heterocycles. The van der Waals surface area contributed by atoms with Gasteiger partial charge in [-0.2, -0.15) is 10.2 Å². The highest BCUT2D eigenvalue weighted by Gasteiger charge is 2.12. The molecule has 0 saturated heterocycles. The first-order valence-electron chi connectivity index (χ1n) is 8.22. The number of nitrogens with two attached hydrogens (primary N) is 1. The van der Waals surface area contributed by atoms with Crippen molar-refractivity contribution in [1.29, 1.82) is 0 Å². The summed E-state index contributed by atoms with van der Waals surface area (Å²) in [6.45, 7) is 4.08. The third kappa shape index (κ3) is 2.70. The Balaban J connectivity index is 1.85. The van der Waals surface area contributed by atoms with Gasteiger partial charge in [0.1, 0.15) is 6.33 Å². The normalized spacial score (nSPS) is 12.6. The van der Waals surface area contributed by atoms with Gasteiger partial charge in [0.2, 0.25) is 0 Å². The number of fused-ring (bicyclic) bond motifs is 1. The minimum atomic E-state index is 0.0185. The Labute approximate surface area is 145 Å². The smallest absolute Gasteiger partial charge is 0.137 e. The summed E-state index contributed by atoms with van der Waals surface area (Å²) in [5.74, 6) is 0. The molecule has 0 aliphatic carbocycles. The molecule has 126 valence electrons. The van der Waals surface area contributed by atoms with E-state index >= 15 is 0 Å². The molecular weight excluding hydrogens is 312 g/mol. The number of rotatable bonds is 3. The van der Waals surface area contributed by atoms with Gasteiger partial charge < -0.3 is 5.73 Å². The Morgan fingerprint density at radius 1 is 1.04 bits per heavy atom. The fourth-order valence-corrected chi connectivity index (χ4v) is 3.21. The van der Waals surface area contributed by atoms with Gasteiger partial charge in [0.15, 0.2) is 0 Å². The molecule has 0 unspecified atom stereocenters. The van der Waals surface area contributed by atoms with E-state index in [0.717, 1.165) is 33.5 Å². The Kier molecular flexibility index (Phi) is 3.62. The third-order valence-corrected chi connectivity index (χ3v) is 4.48. The highest BCUT2D eigenvalue weighted by Crippen LogP contribution is 2.29. The van der Waals surface area contributed by atoms with Crippen LogP contribution in [-0.2, 0) is 7.05 Å². The highest BCUT2D eigenvalue weighted by molar-refractivity contribution is 5.81. The van der Waals surface area contributed by atoms with Crippen molar-refractivity contribution < 1.29 is 0 Å². The fourth-order valence-electron chi connectivity index (χ4n) is 3.21. The molecule has 0 bridgehead atoms. The molecule has 25 heavy (non-hydrogen) atoms. The molecular formula is C19H20N6. The van der Waals surface area contributed by atoms with Crippen LogP contribution in [0.5, 0.6) is 0 Å². The van der Waals surface area contributed by atoms with Crippen LogP contribution in [0.2, 0.25) is 0 Å². The average Bonchev–Trinajstić information content (AvgIpc) is 3.19. The summed E-state index contributed by atoms with van der Waals surface area (Å²) >= 11 is 0. The molecule has 6 heteroatoms. The number of aryl methyl sites for hydroxylation is 2. The van der Waals surface area contributed by atoms with Crippen molar-refractivity contribution in [3.8, 4) is 22.4 Å². The van der Waals surface area contributed by atoms with Gasteiger partial charge in [0.25, 0.3) is 0 Å². The van der Waals surface area contributed by atoms with Crippen molar-refractivity contribution in [2.45, 2.75) is 19.9 Å². The summed E-state index contributed by atoms with van der Waals surface area (Å²) < 4.78 is 3.65. The van der Waals surface area contributed by atoms with Gasteiger partial charge in [-0.15, -0.1) is 0 Å². The van der Waals surface area contributed by atoms with Crippen LogP contribution < -0.4 is 5.73 Å². The van der Waals surface area contributed by atoms with Crippen molar-refractivity contribution in [3.05, 3.63) is 60.3 Å². The Hall–Kier alpha value is -2.99. The van der Waals surface area contributed by atoms with Gasteiger partial charge >= 0.3 is 0 Å². The number of aromatic nitrogens is 5. The van der Waals surface area contributed by atoms with Crippen molar-refractivity contribution in [3.63, 3.8) is 0 Å². The largest absolute Gasteiger partial charge is 0.324 e. The van der Waals surface area contributed by atoms with Crippen LogP contribution in [0.15, 0.2) is 49.2 Å². The number of hydrogen-bond donors (Lipinski definition) is 1. The lowest BCUT2D eigenvalue weighted by Crippen LogP contribution is -2.06. The minimum absolute atomic E-state index is 0.0185. The molecule has 3 heterocycles. The van der Waals surface area contributed by atoms with Crippen molar-refractivity contribution in [2.24, 2.45) is 12.8 Å². The first kappa shape index (κ1) is 15.5. The van der Waals surface area contributed by atoms with Crippen molar-refractivity contribution in [1.82, 2.24) is 24.4 Å². The quantitative estimate of drug-likeness (QED) is 0.625. The van der Waals surface area contributed by atoms with Crippen LogP contribution in [0.3, 0.4) is 0 Å². The van der Waals surface area contributed by atoms with Crippen LogP contribution in [0.4, 0.5) is 0 Å². The molecule has 4 aromatic rings. The summed E-state index contributed by atoms with van der Waals surface area (Å²) in [6, 6.07) is 8.41. The SMILES string of the molecule is Cc1cc(-c2ncnn3cc(-c4cnn(C)c4)cc23)ccc1[C@@H](C)N. The predicted molar refractivity (Wildman–Crippen MR) is 98.0 cm³/mol. The topological polar surface area (TPSA) is 74.0 Å². The molecule has 0 spiro atoms. The summed E-state index contributed by atoms with van der Waals surface area (Å²) in [5, 5.41) is 8.59. The standard InChI is InChI=1S/C19H20N6/c1-12-6-14(4-5-17(12)13(2)20)19-18-7-15(10-25(18)23-11-21-19)16-8-22-24(3)9-16/h4-11,13H,20H2,1-3H3/t13-/m1/s1. The van der Waals surface area contributed by atoms with E-state index in [9.17, 15) is 0 Å². The molecule has 1 atom stereocenters. The van der Waals surface area contributed by atoms with Gasteiger partial charge in [-0.05, 0) is 37.1 Å². The van der Waals surface area contributed by atoms with Gasteiger partial charge in [0, 0.05) is 42.2 Å². The van der Waals surface area contributed by atoms with Crippen molar-refractivity contribution >= 4 is 5.52 Å². The molecule has 0 fully saturated rings. The summed E-state index contributed by atoms with van der Waals surface area (Å²) in [7, 11) is 1.91. The highest BCUT2D eigenvalue weighted by atomic mass is 15.2. The molecule has 2 N–H and O–H groups in total. The maximum absolute atomic E-state index is 6.03. The molecule has 0 amide bonds. The van der Waals surface area contributed by atoms with Crippen LogP contribution in [0.1, 0.15) is 24.1 Å². The molecule has 0 radical (unpaired) electrons. The van der Waals surface area contributed by atoms with Crippen LogP contribution in [-0.4, -0.2) is 24.4 Å². The zero-order valence-electron chi connectivity index (χ0n) is 14.5. The number of nitrogens with zero attached hydrogens (tertiary/aromatic N) is 5. The monoisotopic (exact) mass is 332 g/mol. The molecule has 0 aliphatic heterocycles. The first-order valence-corrected chi connectivity index (χ1v) is 8.22. The second-order valence-corrected chi connectivity index (χ2v) is 6.43. The Morgan fingerprint density at radius 3 is 2.56 bits per heavy atom. The minimum Gasteiger partial charge on any atom is -0.324 e. The summed E-state index contributed by atoms with van der Waals surface area (Å²) in [6.07, 6.45) is 7.43.